The van der Waals surface area contributed by atoms with Crippen LogP contribution in [0.3, 0.4) is 0 Å². The lowest BCUT2D eigenvalue weighted by atomic mass is 9.79. The average Bonchev–Trinajstić information content (AvgIpc) is 2.89. The third-order valence-corrected chi connectivity index (χ3v) is 4.37. The summed E-state index contributed by atoms with van der Waals surface area (Å²) in [4.78, 5) is 4.03. The fraction of sp³-hybridized carbons (Fsp3) is 0.467. The first-order valence-corrected chi connectivity index (χ1v) is 7.12. The van der Waals surface area contributed by atoms with E-state index in [1.165, 1.54) is 0 Å². The third-order valence-electron chi connectivity index (χ3n) is 4.37. The molecule has 0 amide bonds. The highest BCUT2D eigenvalue weighted by Crippen LogP contribution is 2.36. The lowest BCUT2D eigenvalue weighted by Gasteiger charge is -2.32. The SMILES string of the molecule is Cc1nn(-c2ccncc2)cc1B1OC(C)(C)C(C)(C)O1. The van der Waals surface area contributed by atoms with Gasteiger partial charge in [0.2, 0.25) is 0 Å². The number of rotatable bonds is 2. The fourth-order valence-electron chi connectivity index (χ4n) is 2.30. The third kappa shape index (κ3) is 2.38. The van der Waals surface area contributed by atoms with Crippen molar-refractivity contribution >= 4 is 12.6 Å². The van der Waals surface area contributed by atoms with Gasteiger partial charge in [0.25, 0.3) is 0 Å². The Morgan fingerprint density at radius 1 is 1.05 bits per heavy atom. The number of pyridine rings is 1. The van der Waals surface area contributed by atoms with Gasteiger partial charge in [0.05, 0.1) is 22.6 Å². The minimum atomic E-state index is -0.384. The van der Waals surface area contributed by atoms with E-state index in [1.54, 1.807) is 12.4 Å². The normalized spacial score (nSPS) is 20.0. The highest BCUT2D eigenvalue weighted by molar-refractivity contribution is 6.62. The van der Waals surface area contributed by atoms with E-state index in [-0.39, 0.29) is 18.3 Å². The second-order valence-corrected chi connectivity index (χ2v) is 6.41. The first-order valence-electron chi connectivity index (χ1n) is 7.12. The number of hydrogen-bond donors (Lipinski definition) is 0. The van der Waals surface area contributed by atoms with E-state index in [0.29, 0.717) is 0 Å². The predicted octanol–water partition coefficient (Wildman–Crippen LogP) is 1.87. The Bertz CT molecular complexity index is 636. The molecule has 0 saturated carbocycles. The van der Waals surface area contributed by atoms with Crippen molar-refractivity contribution in [2.45, 2.75) is 45.8 Å². The van der Waals surface area contributed by atoms with Crippen LogP contribution in [0.5, 0.6) is 0 Å². The van der Waals surface area contributed by atoms with E-state index in [4.69, 9.17) is 9.31 Å². The zero-order chi connectivity index (χ0) is 15.3. The summed E-state index contributed by atoms with van der Waals surface area (Å²) < 4.78 is 14.0. The van der Waals surface area contributed by atoms with Crippen LogP contribution in [0.1, 0.15) is 33.4 Å². The van der Waals surface area contributed by atoms with Gasteiger partial charge in [-0.1, -0.05) is 0 Å². The molecule has 0 bridgehead atoms. The molecule has 0 aromatic carbocycles. The van der Waals surface area contributed by atoms with Gasteiger partial charge in [-0.15, -0.1) is 0 Å². The lowest BCUT2D eigenvalue weighted by molar-refractivity contribution is 0.00578. The number of aryl methyl sites for hydroxylation is 1. The molecule has 0 unspecified atom stereocenters. The van der Waals surface area contributed by atoms with Gasteiger partial charge in [-0.25, -0.2) is 4.68 Å². The minimum absolute atomic E-state index is 0.344. The quantitative estimate of drug-likeness (QED) is 0.790. The Labute approximate surface area is 125 Å². The Balaban J connectivity index is 1.93. The van der Waals surface area contributed by atoms with Crippen LogP contribution < -0.4 is 5.46 Å². The van der Waals surface area contributed by atoms with Crippen molar-refractivity contribution in [2.75, 3.05) is 0 Å². The van der Waals surface area contributed by atoms with Crippen molar-refractivity contribution in [1.29, 1.82) is 0 Å². The van der Waals surface area contributed by atoms with E-state index in [0.717, 1.165) is 16.8 Å². The molecule has 6 heteroatoms. The summed E-state index contributed by atoms with van der Waals surface area (Å²) >= 11 is 0. The van der Waals surface area contributed by atoms with E-state index in [2.05, 4.69) is 37.8 Å². The minimum Gasteiger partial charge on any atom is -0.399 e. The van der Waals surface area contributed by atoms with E-state index >= 15 is 0 Å². The topological polar surface area (TPSA) is 49.2 Å². The molecule has 1 fully saturated rings. The van der Waals surface area contributed by atoms with Crippen LogP contribution in [-0.2, 0) is 9.31 Å². The first kappa shape index (κ1) is 14.3. The zero-order valence-electron chi connectivity index (χ0n) is 13.1. The average molecular weight is 285 g/mol. The number of aromatic nitrogens is 3. The summed E-state index contributed by atoms with van der Waals surface area (Å²) in [5, 5.41) is 4.55. The molecule has 3 rings (SSSR count). The molecule has 0 radical (unpaired) electrons. The molecule has 2 aromatic rings. The Kier molecular flexibility index (Phi) is 3.18. The van der Waals surface area contributed by atoms with Gasteiger partial charge in [0.1, 0.15) is 0 Å². The standard InChI is InChI=1S/C15H20BN3O2/c1-11-13(16-20-14(2,3)15(4,5)21-16)10-19(18-11)12-6-8-17-9-7-12/h6-10H,1-5H3. The molecule has 1 aliphatic rings. The number of hydrogen-bond acceptors (Lipinski definition) is 4. The first-order chi connectivity index (χ1) is 9.80. The van der Waals surface area contributed by atoms with Crippen LogP contribution in [0, 0.1) is 6.92 Å². The van der Waals surface area contributed by atoms with Gasteiger partial charge in [0, 0.05) is 24.1 Å². The van der Waals surface area contributed by atoms with Gasteiger partial charge < -0.3 is 9.31 Å². The maximum atomic E-state index is 6.09. The van der Waals surface area contributed by atoms with Crippen molar-refractivity contribution in [2.24, 2.45) is 0 Å². The second-order valence-electron chi connectivity index (χ2n) is 6.41. The molecule has 21 heavy (non-hydrogen) atoms. The molecule has 0 aliphatic carbocycles. The molecular formula is C15H20BN3O2. The molecule has 1 saturated heterocycles. The highest BCUT2D eigenvalue weighted by Gasteiger charge is 2.52. The Hall–Kier alpha value is -1.66. The summed E-state index contributed by atoms with van der Waals surface area (Å²) in [6, 6.07) is 3.83. The molecule has 0 spiro atoms. The lowest BCUT2D eigenvalue weighted by Crippen LogP contribution is -2.41. The van der Waals surface area contributed by atoms with Gasteiger partial charge in [-0.2, -0.15) is 5.10 Å². The van der Waals surface area contributed by atoms with Crippen molar-refractivity contribution in [3.63, 3.8) is 0 Å². The molecule has 3 heterocycles. The van der Waals surface area contributed by atoms with Crippen LogP contribution in [0.25, 0.3) is 5.69 Å². The van der Waals surface area contributed by atoms with E-state index in [9.17, 15) is 0 Å². The monoisotopic (exact) mass is 285 g/mol. The van der Waals surface area contributed by atoms with Crippen LogP contribution in [0.15, 0.2) is 30.7 Å². The summed E-state index contributed by atoms with van der Waals surface area (Å²) in [6.45, 7) is 10.2. The van der Waals surface area contributed by atoms with Gasteiger partial charge >= 0.3 is 7.12 Å². The van der Waals surface area contributed by atoms with E-state index in [1.807, 2.05) is 29.9 Å². The predicted molar refractivity (Wildman–Crippen MR) is 81.8 cm³/mol. The Morgan fingerprint density at radius 2 is 1.62 bits per heavy atom. The number of nitrogens with zero attached hydrogens (tertiary/aromatic N) is 3. The molecule has 2 aromatic heterocycles. The Morgan fingerprint density at radius 3 is 2.19 bits per heavy atom. The smallest absolute Gasteiger partial charge is 0.399 e. The van der Waals surface area contributed by atoms with Crippen LogP contribution in [-0.4, -0.2) is 33.1 Å². The van der Waals surface area contributed by atoms with Gasteiger partial charge in [0.15, 0.2) is 0 Å². The van der Waals surface area contributed by atoms with Crippen LogP contribution in [0.4, 0.5) is 0 Å². The fourth-order valence-corrected chi connectivity index (χ4v) is 2.30. The zero-order valence-corrected chi connectivity index (χ0v) is 13.1. The highest BCUT2D eigenvalue weighted by atomic mass is 16.7. The molecule has 110 valence electrons. The summed E-state index contributed by atoms with van der Waals surface area (Å²) in [5.41, 5.74) is 2.15. The van der Waals surface area contributed by atoms with Crippen LogP contribution >= 0.6 is 0 Å². The largest absolute Gasteiger partial charge is 0.498 e. The maximum absolute atomic E-state index is 6.09. The molecule has 0 atom stereocenters. The van der Waals surface area contributed by atoms with Crippen molar-refractivity contribution in [3.05, 3.63) is 36.4 Å². The van der Waals surface area contributed by atoms with E-state index < -0.39 is 0 Å². The molecule has 1 aliphatic heterocycles. The summed E-state index contributed by atoms with van der Waals surface area (Å²) in [5.74, 6) is 0. The van der Waals surface area contributed by atoms with Gasteiger partial charge in [-0.05, 0) is 46.8 Å². The molecular weight excluding hydrogens is 265 g/mol. The summed E-state index contributed by atoms with van der Waals surface area (Å²) in [6.07, 6.45) is 5.47. The second kappa shape index (κ2) is 4.68. The van der Waals surface area contributed by atoms with Gasteiger partial charge in [-0.3, -0.25) is 4.98 Å². The van der Waals surface area contributed by atoms with Crippen LogP contribution in [0.2, 0.25) is 0 Å². The van der Waals surface area contributed by atoms with Crippen molar-refractivity contribution in [1.82, 2.24) is 14.8 Å². The summed E-state index contributed by atoms with van der Waals surface area (Å²) in [7, 11) is -0.384. The maximum Gasteiger partial charge on any atom is 0.498 e. The molecule has 0 N–H and O–H groups in total. The van der Waals surface area contributed by atoms with Crippen molar-refractivity contribution in [3.8, 4) is 5.69 Å². The molecule has 5 nitrogen and oxygen atoms in total. The van der Waals surface area contributed by atoms with Crippen molar-refractivity contribution < 1.29 is 9.31 Å².